The lowest BCUT2D eigenvalue weighted by molar-refractivity contribution is 0.0904. The van der Waals surface area contributed by atoms with Crippen molar-refractivity contribution in [3.8, 4) is 5.75 Å². The first-order valence-electron chi connectivity index (χ1n) is 5.55. The number of aliphatic hydroxyl groups excluding tert-OH is 1. The van der Waals surface area contributed by atoms with Gasteiger partial charge in [-0.25, -0.2) is 0 Å². The Morgan fingerprint density at radius 2 is 2.21 bits per heavy atom. The minimum Gasteiger partial charge on any atom is -0.507 e. The highest BCUT2D eigenvalue weighted by atomic mass is 35.5. The van der Waals surface area contributed by atoms with Crippen molar-refractivity contribution < 1.29 is 19.4 Å². The number of furan rings is 1. The van der Waals surface area contributed by atoms with Crippen molar-refractivity contribution in [2.45, 2.75) is 6.04 Å². The molecule has 1 unspecified atom stereocenters. The summed E-state index contributed by atoms with van der Waals surface area (Å²) in [4.78, 5) is 12.0. The molecule has 2 aromatic rings. The van der Waals surface area contributed by atoms with Crippen LogP contribution in [0.5, 0.6) is 5.75 Å². The van der Waals surface area contributed by atoms with E-state index in [0.717, 1.165) is 0 Å². The van der Waals surface area contributed by atoms with Crippen LogP contribution in [0.3, 0.4) is 0 Å². The molecule has 5 nitrogen and oxygen atoms in total. The molecule has 0 aliphatic rings. The van der Waals surface area contributed by atoms with Gasteiger partial charge >= 0.3 is 0 Å². The van der Waals surface area contributed by atoms with Crippen LogP contribution in [-0.4, -0.2) is 22.7 Å². The summed E-state index contributed by atoms with van der Waals surface area (Å²) < 4.78 is 5.11. The third-order valence-corrected chi connectivity index (χ3v) is 2.81. The monoisotopic (exact) mass is 281 g/mol. The van der Waals surface area contributed by atoms with Gasteiger partial charge in [-0.2, -0.15) is 0 Å². The van der Waals surface area contributed by atoms with Gasteiger partial charge < -0.3 is 19.9 Å². The van der Waals surface area contributed by atoms with Crippen LogP contribution in [0.2, 0.25) is 5.02 Å². The maximum Gasteiger partial charge on any atom is 0.255 e. The third-order valence-electron chi connectivity index (χ3n) is 2.58. The van der Waals surface area contributed by atoms with Crippen LogP contribution in [0.15, 0.2) is 41.0 Å². The van der Waals surface area contributed by atoms with E-state index in [9.17, 15) is 15.0 Å². The van der Waals surface area contributed by atoms with E-state index in [2.05, 4.69) is 5.32 Å². The molecular formula is C13H12ClNO4. The molecule has 0 bridgehead atoms. The maximum absolute atomic E-state index is 12.0. The lowest BCUT2D eigenvalue weighted by Crippen LogP contribution is -2.30. The number of phenolic OH excluding ortho intramolecular Hbond substituents is 1. The zero-order valence-corrected chi connectivity index (χ0v) is 10.6. The number of aliphatic hydroxyl groups is 1. The Balaban J connectivity index is 2.18. The number of hydrogen-bond donors (Lipinski definition) is 3. The fourth-order valence-corrected chi connectivity index (χ4v) is 1.79. The van der Waals surface area contributed by atoms with E-state index in [1.54, 1.807) is 12.1 Å². The molecule has 1 aromatic heterocycles. The highest BCUT2D eigenvalue weighted by molar-refractivity contribution is 6.31. The lowest BCUT2D eigenvalue weighted by Gasteiger charge is -2.14. The van der Waals surface area contributed by atoms with Crippen molar-refractivity contribution in [3.63, 3.8) is 0 Å². The van der Waals surface area contributed by atoms with Crippen molar-refractivity contribution in [2.75, 3.05) is 6.61 Å². The molecule has 0 spiro atoms. The average molecular weight is 282 g/mol. The zero-order chi connectivity index (χ0) is 13.8. The molecule has 0 saturated carbocycles. The summed E-state index contributed by atoms with van der Waals surface area (Å²) in [5.74, 6) is -0.300. The highest BCUT2D eigenvalue weighted by Gasteiger charge is 2.19. The van der Waals surface area contributed by atoms with Gasteiger partial charge in [-0.1, -0.05) is 11.6 Å². The Hall–Kier alpha value is -1.98. The predicted molar refractivity (Wildman–Crippen MR) is 69.1 cm³/mol. The van der Waals surface area contributed by atoms with E-state index < -0.39 is 11.9 Å². The van der Waals surface area contributed by atoms with Crippen molar-refractivity contribution in [3.05, 3.63) is 52.9 Å². The van der Waals surface area contributed by atoms with Gasteiger partial charge in [-0.05, 0) is 30.3 Å². The predicted octanol–water partition coefficient (Wildman–Crippen LogP) is 2.10. The fraction of sp³-hybridized carbons (Fsp3) is 0.154. The molecule has 1 heterocycles. The summed E-state index contributed by atoms with van der Waals surface area (Å²) in [6, 6.07) is 6.77. The number of halogens is 1. The van der Waals surface area contributed by atoms with E-state index >= 15 is 0 Å². The van der Waals surface area contributed by atoms with Gasteiger partial charge in [0.05, 0.1) is 18.4 Å². The maximum atomic E-state index is 12.0. The summed E-state index contributed by atoms with van der Waals surface area (Å²) in [5, 5.41) is 21.8. The van der Waals surface area contributed by atoms with E-state index in [0.29, 0.717) is 10.8 Å². The molecule has 2 rings (SSSR count). The number of carbonyl (C=O) groups excluding carboxylic acids is 1. The van der Waals surface area contributed by atoms with Crippen LogP contribution < -0.4 is 5.32 Å². The van der Waals surface area contributed by atoms with Gasteiger partial charge in [0.25, 0.3) is 5.91 Å². The van der Waals surface area contributed by atoms with Gasteiger partial charge in [0.1, 0.15) is 17.6 Å². The number of phenols is 1. The van der Waals surface area contributed by atoms with Gasteiger partial charge in [-0.3, -0.25) is 4.79 Å². The molecule has 0 aliphatic carbocycles. The number of amides is 1. The van der Waals surface area contributed by atoms with Crippen molar-refractivity contribution in [1.82, 2.24) is 5.32 Å². The minimum absolute atomic E-state index is 0.0394. The largest absolute Gasteiger partial charge is 0.507 e. The van der Waals surface area contributed by atoms with E-state index in [4.69, 9.17) is 16.0 Å². The molecule has 6 heteroatoms. The van der Waals surface area contributed by atoms with Crippen LogP contribution in [0.4, 0.5) is 0 Å². The van der Waals surface area contributed by atoms with Gasteiger partial charge in [0, 0.05) is 5.02 Å². The molecule has 0 radical (unpaired) electrons. The standard InChI is InChI=1S/C13H12ClNO4/c14-8-3-4-11(17)9(6-8)13(18)15-10(7-16)12-2-1-5-19-12/h1-6,10,16-17H,7H2,(H,15,18). The SMILES string of the molecule is O=C(NC(CO)c1ccco1)c1cc(Cl)ccc1O. The number of carbonyl (C=O) groups is 1. The minimum atomic E-state index is -0.680. The second-order valence-electron chi connectivity index (χ2n) is 3.89. The molecule has 0 fully saturated rings. The van der Waals surface area contributed by atoms with Gasteiger partial charge in [0.15, 0.2) is 0 Å². The Morgan fingerprint density at radius 1 is 1.42 bits per heavy atom. The van der Waals surface area contributed by atoms with Crippen molar-refractivity contribution >= 4 is 17.5 Å². The molecule has 100 valence electrons. The molecule has 1 amide bonds. The summed E-state index contributed by atoms with van der Waals surface area (Å²) in [6.45, 7) is -0.319. The second kappa shape index (κ2) is 5.77. The first-order valence-corrected chi connectivity index (χ1v) is 5.93. The number of aromatic hydroxyl groups is 1. The molecular weight excluding hydrogens is 270 g/mol. The van der Waals surface area contributed by atoms with Crippen molar-refractivity contribution in [1.29, 1.82) is 0 Å². The van der Waals surface area contributed by atoms with E-state index in [1.165, 1.54) is 24.5 Å². The van der Waals surface area contributed by atoms with Gasteiger partial charge in [0.2, 0.25) is 0 Å². The summed E-state index contributed by atoms with van der Waals surface area (Å²) in [7, 11) is 0. The quantitative estimate of drug-likeness (QED) is 0.801. The number of benzene rings is 1. The normalized spacial score (nSPS) is 12.1. The Bertz CT molecular complexity index is 568. The zero-order valence-electron chi connectivity index (χ0n) is 9.84. The molecule has 1 aromatic carbocycles. The third kappa shape index (κ3) is 3.07. The van der Waals surface area contributed by atoms with Gasteiger partial charge in [-0.15, -0.1) is 0 Å². The Morgan fingerprint density at radius 3 is 2.84 bits per heavy atom. The van der Waals surface area contributed by atoms with E-state index in [1.807, 2.05) is 0 Å². The highest BCUT2D eigenvalue weighted by Crippen LogP contribution is 2.22. The summed E-state index contributed by atoms with van der Waals surface area (Å²) in [6.07, 6.45) is 1.45. The molecule has 3 N–H and O–H groups in total. The topological polar surface area (TPSA) is 82.7 Å². The number of nitrogens with one attached hydrogen (secondary N) is 1. The summed E-state index contributed by atoms with van der Waals surface area (Å²) >= 11 is 5.77. The first kappa shape index (κ1) is 13.5. The van der Waals surface area contributed by atoms with Crippen LogP contribution in [-0.2, 0) is 0 Å². The Labute approximate surface area is 114 Å². The second-order valence-corrected chi connectivity index (χ2v) is 4.32. The lowest BCUT2D eigenvalue weighted by atomic mass is 10.1. The molecule has 0 saturated heterocycles. The van der Waals surface area contributed by atoms with Crippen LogP contribution in [0, 0.1) is 0 Å². The van der Waals surface area contributed by atoms with Crippen LogP contribution >= 0.6 is 11.6 Å². The average Bonchev–Trinajstić information content (AvgIpc) is 2.92. The fourth-order valence-electron chi connectivity index (χ4n) is 1.62. The Kier molecular flexibility index (Phi) is 4.09. The molecule has 1 atom stereocenters. The molecule has 19 heavy (non-hydrogen) atoms. The van der Waals surface area contributed by atoms with Crippen molar-refractivity contribution in [2.24, 2.45) is 0 Å². The van der Waals surface area contributed by atoms with Crippen LogP contribution in [0.1, 0.15) is 22.2 Å². The first-order chi connectivity index (χ1) is 9.11. The number of rotatable bonds is 4. The summed E-state index contributed by atoms with van der Waals surface area (Å²) in [5.41, 5.74) is 0.0394. The smallest absolute Gasteiger partial charge is 0.255 e. The molecule has 0 aliphatic heterocycles. The van der Waals surface area contributed by atoms with E-state index in [-0.39, 0.29) is 17.9 Å². The number of hydrogen-bond acceptors (Lipinski definition) is 4. The van der Waals surface area contributed by atoms with Crippen LogP contribution in [0.25, 0.3) is 0 Å².